The number of piperidine rings is 1. The molecule has 1 atom stereocenters. The number of nitrogens with zero attached hydrogens (tertiary/aromatic N) is 1. The van der Waals surface area contributed by atoms with E-state index in [2.05, 4.69) is 0 Å². The molecule has 2 aromatic carbocycles. The molecule has 0 aromatic heterocycles. The van der Waals surface area contributed by atoms with Crippen molar-refractivity contribution in [1.82, 2.24) is 4.31 Å². The van der Waals surface area contributed by atoms with Gasteiger partial charge in [-0.1, -0.05) is 43.3 Å². The second-order valence-corrected chi connectivity index (χ2v) is 8.53. The molecule has 0 aliphatic carbocycles. The van der Waals surface area contributed by atoms with Crippen molar-refractivity contribution in [3.05, 3.63) is 48.0 Å². The summed E-state index contributed by atoms with van der Waals surface area (Å²) >= 11 is 0. The van der Waals surface area contributed by atoms with Crippen LogP contribution in [0, 0.1) is 5.92 Å². The summed E-state index contributed by atoms with van der Waals surface area (Å²) in [4.78, 5) is 12.9. The van der Waals surface area contributed by atoms with Gasteiger partial charge in [-0.05, 0) is 36.1 Å². The van der Waals surface area contributed by atoms with Crippen molar-refractivity contribution in [1.29, 1.82) is 0 Å². The van der Waals surface area contributed by atoms with Crippen molar-refractivity contribution in [3.63, 3.8) is 0 Å². The highest BCUT2D eigenvalue weighted by Gasteiger charge is 2.32. The van der Waals surface area contributed by atoms with E-state index in [1.165, 1.54) is 4.31 Å². The number of carbonyl (C=O) groups excluding carboxylic acids is 1. The zero-order valence-electron chi connectivity index (χ0n) is 13.9. The predicted octanol–water partition coefficient (Wildman–Crippen LogP) is 3.47. The van der Waals surface area contributed by atoms with Crippen molar-refractivity contribution in [2.45, 2.75) is 26.2 Å². The first kappa shape index (κ1) is 17.1. The first-order valence-electron chi connectivity index (χ1n) is 8.52. The third kappa shape index (κ3) is 3.52. The smallest absolute Gasteiger partial charge is 0.214 e. The summed E-state index contributed by atoms with van der Waals surface area (Å²) in [6.45, 7) is 2.71. The number of rotatable bonds is 5. The quantitative estimate of drug-likeness (QED) is 0.780. The van der Waals surface area contributed by atoms with Gasteiger partial charge in [0.2, 0.25) is 10.0 Å². The topological polar surface area (TPSA) is 54.5 Å². The molecule has 24 heavy (non-hydrogen) atoms. The zero-order chi connectivity index (χ0) is 17.2. The monoisotopic (exact) mass is 345 g/mol. The minimum atomic E-state index is -3.24. The van der Waals surface area contributed by atoms with Gasteiger partial charge in [-0.15, -0.1) is 0 Å². The van der Waals surface area contributed by atoms with Crippen molar-refractivity contribution in [2.75, 3.05) is 18.8 Å². The van der Waals surface area contributed by atoms with E-state index in [1.807, 2.05) is 49.4 Å². The molecule has 1 saturated heterocycles. The Bertz CT molecular complexity index is 845. The summed E-state index contributed by atoms with van der Waals surface area (Å²) in [5, 5.41) is 2.14. The standard InChI is InChI=1S/C19H23NO3S/c1-2-12-24(22,23)20-11-5-8-18(14-20)19(21)17-10-9-15-6-3-4-7-16(15)13-17/h3-4,6-7,9-10,13,18H,2,5,8,11-12,14H2,1H3. The number of ketones is 1. The Labute approximate surface area is 143 Å². The van der Waals surface area contributed by atoms with E-state index in [9.17, 15) is 13.2 Å². The van der Waals surface area contributed by atoms with E-state index in [4.69, 9.17) is 0 Å². The average Bonchev–Trinajstić information content (AvgIpc) is 2.61. The van der Waals surface area contributed by atoms with Crippen LogP contribution in [-0.4, -0.2) is 37.3 Å². The Morgan fingerprint density at radius 2 is 1.92 bits per heavy atom. The summed E-state index contributed by atoms with van der Waals surface area (Å²) < 4.78 is 26.1. The Morgan fingerprint density at radius 1 is 1.17 bits per heavy atom. The van der Waals surface area contributed by atoms with Crippen LogP contribution in [0.1, 0.15) is 36.5 Å². The van der Waals surface area contributed by atoms with Gasteiger partial charge in [-0.3, -0.25) is 4.79 Å². The Morgan fingerprint density at radius 3 is 2.67 bits per heavy atom. The number of hydrogen-bond donors (Lipinski definition) is 0. The van der Waals surface area contributed by atoms with Crippen LogP contribution in [0.4, 0.5) is 0 Å². The fourth-order valence-corrected chi connectivity index (χ4v) is 4.96. The molecule has 0 bridgehead atoms. The van der Waals surface area contributed by atoms with Crippen LogP contribution in [0.25, 0.3) is 10.8 Å². The molecule has 0 spiro atoms. The third-order valence-electron chi connectivity index (χ3n) is 4.64. The molecule has 0 amide bonds. The van der Waals surface area contributed by atoms with E-state index in [0.29, 0.717) is 25.1 Å². The molecule has 5 heteroatoms. The maximum atomic E-state index is 12.9. The van der Waals surface area contributed by atoms with Crippen LogP contribution in [0.5, 0.6) is 0 Å². The summed E-state index contributed by atoms with van der Waals surface area (Å²) in [5.74, 6) is -0.0344. The van der Waals surface area contributed by atoms with E-state index < -0.39 is 10.0 Å². The van der Waals surface area contributed by atoms with Gasteiger partial charge in [0.1, 0.15) is 0 Å². The number of hydrogen-bond acceptors (Lipinski definition) is 3. The van der Waals surface area contributed by atoms with Crippen LogP contribution in [0.3, 0.4) is 0 Å². The molecule has 128 valence electrons. The Hall–Kier alpha value is -1.72. The highest BCUT2D eigenvalue weighted by molar-refractivity contribution is 7.89. The van der Waals surface area contributed by atoms with Gasteiger partial charge < -0.3 is 0 Å². The van der Waals surface area contributed by atoms with Crippen molar-refractivity contribution in [2.24, 2.45) is 5.92 Å². The normalized spacial score (nSPS) is 19.5. The van der Waals surface area contributed by atoms with Crippen LogP contribution in [0.2, 0.25) is 0 Å². The van der Waals surface area contributed by atoms with Gasteiger partial charge in [-0.2, -0.15) is 0 Å². The molecule has 1 fully saturated rings. The zero-order valence-corrected chi connectivity index (χ0v) is 14.8. The fraction of sp³-hybridized carbons (Fsp3) is 0.421. The molecule has 0 radical (unpaired) electrons. The van der Waals surface area contributed by atoms with E-state index in [0.717, 1.165) is 23.6 Å². The molecule has 1 aliphatic rings. The van der Waals surface area contributed by atoms with Gasteiger partial charge in [0.15, 0.2) is 5.78 Å². The molecule has 0 saturated carbocycles. The van der Waals surface area contributed by atoms with Crippen molar-refractivity contribution >= 4 is 26.6 Å². The highest BCUT2D eigenvalue weighted by atomic mass is 32.2. The molecule has 1 aliphatic heterocycles. The van der Waals surface area contributed by atoms with Crippen LogP contribution in [0.15, 0.2) is 42.5 Å². The third-order valence-corrected chi connectivity index (χ3v) is 6.69. The number of Topliss-reactive ketones (excluding diaryl/α,β-unsaturated/α-hetero) is 1. The fourth-order valence-electron chi connectivity index (χ4n) is 3.37. The lowest BCUT2D eigenvalue weighted by molar-refractivity contribution is 0.0872. The van der Waals surface area contributed by atoms with E-state index in [-0.39, 0.29) is 17.5 Å². The van der Waals surface area contributed by atoms with Crippen molar-refractivity contribution in [3.8, 4) is 0 Å². The van der Waals surface area contributed by atoms with Crippen molar-refractivity contribution < 1.29 is 13.2 Å². The van der Waals surface area contributed by atoms with E-state index in [1.54, 1.807) is 0 Å². The van der Waals surface area contributed by atoms with Gasteiger partial charge in [-0.25, -0.2) is 12.7 Å². The van der Waals surface area contributed by atoms with Gasteiger partial charge in [0, 0.05) is 24.6 Å². The number of carbonyl (C=O) groups is 1. The molecular formula is C19H23NO3S. The highest BCUT2D eigenvalue weighted by Crippen LogP contribution is 2.25. The van der Waals surface area contributed by atoms with E-state index >= 15 is 0 Å². The predicted molar refractivity (Wildman–Crippen MR) is 96.7 cm³/mol. The molecule has 1 unspecified atom stereocenters. The maximum Gasteiger partial charge on any atom is 0.214 e. The second-order valence-electron chi connectivity index (χ2n) is 6.44. The maximum absolute atomic E-state index is 12.9. The molecule has 2 aromatic rings. The number of benzene rings is 2. The largest absolute Gasteiger partial charge is 0.294 e. The van der Waals surface area contributed by atoms with Crippen LogP contribution in [-0.2, 0) is 10.0 Å². The minimum absolute atomic E-state index is 0.0529. The minimum Gasteiger partial charge on any atom is -0.294 e. The second kappa shape index (κ2) is 7.03. The van der Waals surface area contributed by atoms with Gasteiger partial charge >= 0.3 is 0 Å². The van der Waals surface area contributed by atoms with Gasteiger partial charge in [0.25, 0.3) is 0 Å². The lowest BCUT2D eigenvalue weighted by Crippen LogP contribution is -2.43. The summed E-state index contributed by atoms with van der Waals surface area (Å²) in [6.07, 6.45) is 2.10. The Kier molecular flexibility index (Phi) is 5.01. The molecule has 0 N–H and O–H groups in total. The first-order chi connectivity index (χ1) is 11.5. The first-order valence-corrected chi connectivity index (χ1v) is 10.1. The molecule has 1 heterocycles. The summed E-state index contributed by atoms with van der Waals surface area (Å²) in [7, 11) is -3.24. The summed E-state index contributed by atoms with van der Waals surface area (Å²) in [5.41, 5.74) is 0.674. The number of fused-ring (bicyclic) bond motifs is 1. The molecular weight excluding hydrogens is 322 g/mol. The van der Waals surface area contributed by atoms with Crippen LogP contribution >= 0.6 is 0 Å². The average molecular weight is 345 g/mol. The Balaban J connectivity index is 1.80. The SMILES string of the molecule is CCCS(=O)(=O)N1CCCC(C(=O)c2ccc3ccccc3c2)C1. The summed E-state index contributed by atoms with van der Waals surface area (Å²) in [6, 6.07) is 13.7. The molecule has 4 nitrogen and oxygen atoms in total. The molecule has 3 rings (SSSR count). The lowest BCUT2D eigenvalue weighted by Gasteiger charge is -2.31. The lowest BCUT2D eigenvalue weighted by atomic mass is 9.90. The van der Waals surface area contributed by atoms with Gasteiger partial charge in [0.05, 0.1) is 5.75 Å². The number of sulfonamides is 1. The van der Waals surface area contributed by atoms with Crippen LogP contribution < -0.4 is 0 Å².